The zero-order chi connectivity index (χ0) is 17.9. The molecule has 3 aromatic carbocycles. The van der Waals surface area contributed by atoms with Crippen LogP contribution in [0.1, 0.15) is 33.6 Å². The topological polar surface area (TPSA) is 25.8 Å². The van der Waals surface area contributed by atoms with Crippen LogP contribution in [0.25, 0.3) is 11.0 Å². The number of nitrogens with zero attached hydrogens (tertiary/aromatic N) is 2. The van der Waals surface area contributed by atoms with Gasteiger partial charge in [-0.2, -0.15) is 0 Å². The minimum absolute atomic E-state index is 0.805. The molecule has 0 unspecified atom stereocenters. The van der Waals surface area contributed by atoms with Gasteiger partial charge in [0.15, 0.2) is 0 Å². The highest BCUT2D eigenvalue weighted by atomic mass is 14.8. The van der Waals surface area contributed by atoms with Crippen molar-refractivity contribution in [2.24, 2.45) is 0 Å². The molecule has 0 N–H and O–H groups in total. The number of hydrogen-bond acceptors (Lipinski definition) is 2. The Bertz CT molecular complexity index is 952. The van der Waals surface area contributed by atoms with Gasteiger partial charge in [-0.05, 0) is 36.1 Å². The van der Waals surface area contributed by atoms with Gasteiger partial charge in [0.05, 0.1) is 22.4 Å². The highest BCUT2D eigenvalue weighted by Crippen LogP contribution is 2.23. The van der Waals surface area contributed by atoms with Crippen molar-refractivity contribution in [1.29, 1.82) is 0 Å². The minimum Gasteiger partial charge on any atom is -0.249 e. The van der Waals surface area contributed by atoms with Gasteiger partial charge in [0, 0.05) is 12.8 Å². The molecule has 4 rings (SSSR count). The van der Waals surface area contributed by atoms with Crippen molar-refractivity contribution < 1.29 is 0 Å². The van der Waals surface area contributed by atoms with E-state index in [1.54, 1.807) is 0 Å². The van der Waals surface area contributed by atoms with Crippen LogP contribution in [0.15, 0.2) is 72.8 Å². The van der Waals surface area contributed by atoms with E-state index in [0.717, 1.165) is 35.3 Å². The van der Waals surface area contributed by atoms with Gasteiger partial charge in [-0.15, -0.1) is 0 Å². The maximum Gasteiger partial charge on any atom is 0.0922 e. The lowest BCUT2D eigenvalue weighted by Gasteiger charge is -2.13. The van der Waals surface area contributed by atoms with Crippen molar-refractivity contribution in [3.8, 4) is 0 Å². The van der Waals surface area contributed by atoms with E-state index in [2.05, 4.69) is 74.5 Å². The molecule has 0 saturated heterocycles. The molecule has 1 aromatic heterocycles. The fourth-order valence-electron chi connectivity index (χ4n) is 3.32. The van der Waals surface area contributed by atoms with Crippen molar-refractivity contribution in [1.82, 2.24) is 9.97 Å². The second-order valence-corrected chi connectivity index (χ2v) is 6.84. The summed E-state index contributed by atoms with van der Waals surface area (Å²) in [6.45, 7) is 4.22. The summed E-state index contributed by atoms with van der Waals surface area (Å²) in [5.41, 5.74) is 9.07. The van der Waals surface area contributed by atoms with Gasteiger partial charge in [-0.25, -0.2) is 9.97 Å². The largest absolute Gasteiger partial charge is 0.249 e. The number of benzene rings is 3. The molecule has 1 heterocycles. The summed E-state index contributed by atoms with van der Waals surface area (Å²) >= 11 is 0. The smallest absolute Gasteiger partial charge is 0.0922 e. The Morgan fingerprint density at radius 2 is 0.923 bits per heavy atom. The second-order valence-electron chi connectivity index (χ2n) is 6.84. The van der Waals surface area contributed by atoms with E-state index in [1.807, 2.05) is 12.1 Å². The second kappa shape index (κ2) is 7.09. The van der Waals surface area contributed by atoms with E-state index in [4.69, 9.17) is 9.97 Å². The maximum absolute atomic E-state index is 5.06. The Hall–Kier alpha value is -3.00. The van der Waals surface area contributed by atoms with Crippen molar-refractivity contribution in [2.45, 2.75) is 26.7 Å². The lowest BCUT2D eigenvalue weighted by Crippen LogP contribution is -2.06. The molecule has 4 aromatic rings. The summed E-state index contributed by atoms with van der Waals surface area (Å²) in [4.78, 5) is 10.1. The molecule has 26 heavy (non-hydrogen) atoms. The van der Waals surface area contributed by atoms with E-state index in [1.165, 1.54) is 22.3 Å². The average molecular weight is 338 g/mol. The molecule has 0 amide bonds. The predicted octanol–water partition coefficient (Wildman–Crippen LogP) is 5.43. The normalized spacial score (nSPS) is 11.0. The highest BCUT2D eigenvalue weighted by molar-refractivity contribution is 5.81. The molecular weight excluding hydrogens is 316 g/mol. The molecule has 0 spiro atoms. The number of fused-ring (bicyclic) bond motifs is 1. The van der Waals surface area contributed by atoms with Gasteiger partial charge in [0.1, 0.15) is 0 Å². The Labute approximate surface area is 154 Å². The summed E-state index contributed by atoms with van der Waals surface area (Å²) in [7, 11) is 0. The fourth-order valence-corrected chi connectivity index (χ4v) is 3.32. The molecule has 0 radical (unpaired) electrons. The first-order valence-corrected chi connectivity index (χ1v) is 9.04. The van der Waals surface area contributed by atoms with Crippen LogP contribution in [0.5, 0.6) is 0 Å². The lowest BCUT2D eigenvalue weighted by atomic mass is 10.0. The quantitative estimate of drug-likeness (QED) is 0.496. The van der Waals surface area contributed by atoms with Crippen LogP contribution in [0.4, 0.5) is 0 Å². The third-order valence-corrected chi connectivity index (χ3v) is 4.81. The monoisotopic (exact) mass is 338 g/mol. The molecule has 0 saturated carbocycles. The van der Waals surface area contributed by atoms with Gasteiger partial charge in [0.25, 0.3) is 0 Å². The zero-order valence-corrected chi connectivity index (χ0v) is 15.2. The minimum atomic E-state index is 0.805. The molecule has 128 valence electrons. The fraction of sp³-hybridized carbons (Fsp3) is 0.167. The van der Waals surface area contributed by atoms with E-state index < -0.39 is 0 Å². The molecule has 0 fully saturated rings. The van der Waals surface area contributed by atoms with Crippen LogP contribution in [-0.4, -0.2) is 9.97 Å². The molecule has 0 aliphatic heterocycles. The Kier molecular flexibility index (Phi) is 4.49. The van der Waals surface area contributed by atoms with Crippen LogP contribution in [0.3, 0.4) is 0 Å². The number of aromatic nitrogens is 2. The first kappa shape index (κ1) is 16.5. The molecular formula is C24H22N2. The first-order chi connectivity index (χ1) is 12.7. The molecule has 2 nitrogen and oxygen atoms in total. The van der Waals surface area contributed by atoms with E-state index in [-0.39, 0.29) is 0 Å². The van der Waals surface area contributed by atoms with Crippen molar-refractivity contribution in [3.05, 3.63) is 106 Å². The molecule has 0 aliphatic carbocycles. The summed E-state index contributed by atoms with van der Waals surface area (Å²) in [6, 6.07) is 25.3. The van der Waals surface area contributed by atoms with Gasteiger partial charge in [0.2, 0.25) is 0 Å². The highest BCUT2D eigenvalue weighted by Gasteiger charge is 2.13. The summed E-state index contributed by atoms with van der Waals surface area (Å²) < 4.78 is 0. The van der Waals surface area contributed by atoms with Crippen LogP contribution in [-0.2, 0) is 12.8 Å². The van der Waals surface area contributed by atoms with Crippen molar-refractivity contribution in [3.63, 3.8) is 0 Å². The standard InChI is InChI=1S/C24H22N2/c1-17-13-14-18(2)24-23(17)25-21(15-19-9-5-3-6-10-19)22(26-24)16-20-11-7-4-8-12-20/h3-14H,15-16H2,1-2H3. The van der Waals surface area contributed by atoms with Crippen LogP contribution in [0.2, 0.25) is 0 Å². The number of aryl methyl sites for hydroxylation is 2. The van der Waals surface area contributed by atoms with Crippen LogP contribution in [0, 0.1) is 13.8 Å². The predicted molar refractivity (Wildman–Crippen MR) is 108 cm³/mol. The number of hydrogen-bond donors (Lipinski definition) is 0. The van der Waals surface area contributed by atoms with E-state index in [9.17, 15) is 0 Å². The lowest BCUT2D eigenvalue weighted by molar-refractivity contribution is 0.965. The number of rotatable bonds is 4. The van der Waals surface area contributed by atoms with Gasteiger partial charge < -0.3 is 0 Å². The van der Waals surface area contributed by atoms with Crippen LogP contribution < -0.4 is 0 Å². The summed E-state index contributed by atoms with van der Waals surface area (Å²) in [6.07, 6.45) is 1.61. The third-order valence-electron chi connectivity index (χ3n) is 4.81. The Morgan fingerprint density at radius 3 is 1.31 bits per heavy atom. The first-order valence-electron chi connectivity index (χ1n) is 9.04. The average Bonchev–Trinajstić information content (AvgIpc) is 2.67. The molecule has 0 bridgehead atoms. The van der Waals surface area contributed by atoms with Gasteiger partial charge >= 0.3 is 0 Å². The van der Waals surface area contributed by atoms with Gasteiger partial charge in [-0.3, -0.25) is 0 Å². The third kappa shape index (κ3) is 3.36. The van der Waals surface area contributed by atoms with Gasteiger partial charge in [-0.1, -0.05) is 72.8 Å². The van der Waals surface area contributed by atoms with E-state index in [0.29, 0.717) is 0 Å². The van der Waals surface area contributed by atoms with Crippen LogP contribution >= 0.6 is 0 Å². The Balaban J connectivity index is 1.85. The SMILES string of the molecule is Cc1ccc(C)c2nc(Cc3ccccc3)c(Cc3ccccc3)nc12. The van der Waals surface area contributed by atoms with Crippen molar-refractivity contribution in [2.75, 3.05) is 0 Å². The van der Waals surface area contributed by atoms with Crippen molar-refractivity contribution >= 4 is 11.0 Å². The molecule has 0 atom stereocenters. The summed E-state index contributed by atoms with van der Waals surface area (Å²) in [5.74, 6) is 0. The maximum atomic E-state index is 5.06. The Morgan fingerprint density at radius 1 is 0.538 bits per heavy atom. The summed E-state index contributed by atoms with van der Waals surface area (Å²) in [5, 5.41) is 0. The molecule has 2 heteroatoms. The zero-order valence-electron chi connectivity index (χ0n) is 15.2. The van der Waals surface area contributed by atoms with E-state index >= 15 is 0 Å². The molecule has 0 aliphatic rings.